The second kappa shape index (κ2) is 9.22. The Hall–Kier alpha value is -4.41. The molecule has 0 fully saturated rings. The highest BCUT2D eigenvalue weighted by molar-refractivity contribution is 6.05. The Bertz CT molecular complexity index is 1590. The number of hydrogen-bond acceptors (Lipinski definition) is 1. The average Bonchev–Trinajstić information content (AvgIpc) is 2.86. The molecule has 0 heterocycles. The van der Waals surface area contributed by atoms with Crippen LogP contribution in [0, 0.1) is 25.2 Å². The molecule has 0 saturated carbocycles. The van der Waals surface area contributed by atoms with E-state index >= 15 is 0 Å². The molecule has 0 spiro atoms. The number of benzene rings is 5. The van der Waals surface area contributed by atoms with E-state index in [9.17, 15) is 5.26 Å². The zero-order valence-electron chi connectivity index (χ0n) is 19.4. The van der Waals surface area contributed by atoms with Gasteiger partial charge in [-0.1, -0.05) is 108 Å². The zero-order chi connectivity index (χ0) is 23.5. The lowest BCUT2D eigenvalue weighted by molar-refractivity contribution is 1.46. The predicted octanol–water partition coefficient (Wildman–Crippen LogP) is 8.82. The monoisotopic (exact) mass is 435 g/mol. The summed E-state index contributed by atoms with van der Waals surface area (Å²) in [5.74, 6) is 0. The predicted molar refractivity (Wildman–Crippen MR) is 146 cm³/mol. The minimum Gasteiger partial charge on any atom is -0.192 e. The molecule has 0 atom stereocenters. The van der Waals surface area contributed by atoms with E-state index in [-0.39, 0.29) is 0 Å². The molecule has 0 N–H and O–H groups in total. The molecule has 5 aromatic carbocycles. The van der Waals surface area contributed by atoms with E-state index in [0.29, 0.717) is 0 Å². The van der Waals surface area contributed by atoms with Crippen LogP contribution in [0.4, 0.5) is 0 Å². The van der Waals surface area contributed by atoms with Crippen molar-refractivity contribution in [1.29, 1.82) is 5.26 Å². The van der Waals surface area contributed by atoms with Gasteiger partial charge in [-0.25, -0.2) is 0 Å². The van der Waals surface area contributed by atoms with Crippen LogP contribution in [0.2, 0.25) is 0 Å². The Morgan fingerprint density at radius 2 is 1.00 bits per heavy atom. The van der Waals surface area contributed by atoms with Crippen LogP contribution >= 0.6 is 0 Å². The molecule has 0 aliphatic carbocycles. The minimum absolute atomic E-state index is 0.729. The van der Waals surface area contributed by atoms with Crippen LogP contribution in [0.3, 0.4) is 0 Å². The van der Waals surface area contributed by atoms with Gasteiger partial charge in [-0.05, 0) is 65.1 Å². The highest BCUT2D eigenvalue weighted by Gasteiger charge is 2.08. The van der Waals surface area contributed by atoms with Gasteiger partial charge in [0, 0.05) is 10.8 Å². The second-order valence-corrected chi connectivity index (χ2v) is 8.81. The molecular weight excluding hydrogens is 410 g/mol. The van der Waals surface area contributed by atoms with E-state index < -0.39 is 0 Å². The van der Waals surface area contributed by atoms with E-state index in [1.54, 1.807) is 0 Å². The van der Waals surface area contributed by atoms with Crippen LogP contribution in [-0.2, 0) is 0 Å². The summed E-state index contributed by atoms with van der Waals surface area (Å²) in [5, 5.41) is 14.2. The quantitative estimate of drug-likeness (QED) is 0.204. The zero-order valence-corrected chi connectivity index (χ0v) is 19.4. The fraction of sp³-hybridized carbons (Fsp3) is 0.0606. The summed E-state index contributed by atoms with van der Waals surface area (Å²) in [7, 11) is 0. The Morgan fingerprint density at radius 1 is 0.500 bits per heavy atom. The molecule has 0 aliphatic rings. The molecule has 5 rings (SSSR count). The van der Waals surface area contributed by atoms with E-state index in [4.69, 9.17) is 0 Å². The average molecular weight is 436 g/mol. The van der Waals surface area contributed by atoms with Crippen molar-refractivity contribution in [1.82, 2.24) is 0 Å². The van der Waals surface area contributed by atoms with Crippen LogP contribution in [0.1, 0.15) is 38.9 Å². The van der Waals surface area contributed by atoms with Gasteiger partial charge in [-0.3, -0.25) is 0 Å². The van der Waals surface area contributed by atoms with Crippen molar-refractivity contribution in [2.45, 2.75) is 13.8 Å². The fourth-order valence-corrected chi connectivity index (χ4v) is 4.22. The molecule has 0 saturated heterocycles. The number of aryl methyl sites for hydroxylation is 2. The Morgan fingerprint density at radius 3 is 1.59 bits per heavy atom. The van der Waals surface area contributed by atoms with Gasteiger partial charge in [0.1, 0.15) is 6.07 Å². The van der Waals surface area contributed by atoms with Crippen molar-refractivity contribution < 1.29 is 0 Å². The summed E-state index contributed by atoms with van der Waals surface area (Å²) in [6.07, 6.45) is 8.47. The first-order valence-electron chi connectivity index (χ1n) is 11.5. The van der Waals surface area contributed by atoms with E-state index in [1.165, 1.54) is 16.7 Å². The fourth-order valence-electron chi connectivity index (χ4n) is 4.22. The molecule has 0 bridgehead atoms. The van der Waals surface area contributed by atoms with Crippen molar-refractivity contribution >= 4 is 45.8 Å². The van der Waals surface area contributed by atoms with Gasteiger partial charge in [0.25, 0.3) is 0 Å². The number of rotatable bonds is 4. The smallest absolute Gasteiger partial charge is 0.100 e. The maximum absolute atomic E-state index is 10.0. The van der Waals surface area contributed by atoms with Crippen LogP contribution < -0.4 is 0 Å². The summed E-state index contributed by atoms with van der Waals surface area (Å²) >= 11 is 0. The first-order chi connectivity index (χ1) is 16.6. The third kappa shape index (κ3) is 4.53. The van der Waals surface area contributed by atoms with Gasteiger partial charge in [0.15, 0.2) is 0 Å². The molecule has 0 unspecified atom stereocenters. The van der Waals surface area contributed by atoms with Crippen LogP contribution in [0.15, 0.2) is 91.0 Å². The molecule has 0 aliphatic heterocycles. The number of nitrogens with zero attached hydrogens (tertiary/aromatic N) is 1. The Labute approximate surface area is 200 Å². The highest BCUT2D eigenvalue weighted by atomic mass is 14.3. The molecule has 0 radical (unpaired) electrons. The van der Waals surface area contributed by atoms with Gasteiger partial charge in [-0.2, -0.15) is 5.26 Å². The molecule has 162 valence electrons. The normalized spacial score (nSPS) is 11.6. The van der Waals surface area contributed by atoms with Gasteiger partial charge in [0.05, 0.1) is 5.56 Å². The number of nitriles is 1. The van der Waals surface area contributed by atoms with Gasteiger partial charge < -0.3 is 0 Å². The lowest BCUT2D eigenvalue weighted by Crippen LogP contribution is -1.87. The maximum Gasteiger partial charge on any atom is 0.100 e. The third-order valence-electron chi connectivity index (χ3n) is 6.21. The highest BCUT2D eigenvalue weighted by Crippen LogP contribution is 2.30. The first kappa shape index (κ1) is 21.4. The molecule has 1 heteroatoms. The number of hydrogen-bond donors (Lipinski definition) is 0. The summed E-state index contributed by atoms with van der Waals surface area (Å²) in [6.45, 7) is 4.19. The van der Waals surface area contributed by atoms with Gasteiger partial charge in [-0.15, -0.1) is 0 Å². The molecule has 1 nitrogen and oxygen atoms in total. The first-order valence-corrected chi connectivity index (χ1v) is 11.5. The van der Waals surface area contributed by atoms with Crippen molar-refractivity contribution in [3.05, 3.63) is 130 Å². The van der Waals surface area contributed by atoms with E-state index in [0.717, 1.165) is 43.8 Å². The van der Waals surface area contributed by atoms with Crippen molar-refractivity contribution in [2.75, 3.05) is 0 Å². The van der Waals surface area contributed by atoms with E-state index in [2.05, 4.69) is 135 Å². The van der Waals surface area contributed by atoms with Crippen molar-refractivity contribution in [3.63, 3.8) is 0 Å². The van der Waals surface area contributed by atoms with Crippen LogP contribution in [0.25, 0.3) is 45.8 Å². The maximum atomic E-state index is 10.0. The largest absolute Gasteiger partial charge is 0.192 e. The summed E-state index contributed by atoms with van der Waals surface area (Å²) in [4.78, 5) is 0. The third-order valence-corrected chi connectivity index (χ3v) is 6.21. The number of fused-ring (bicyclic) bond motifs is 2. The molecular formula is C33H25N. The second-order valence-electron chi connectivity index (χ2n) is 8.81. The molecule has 34 heavy (non-hydrogen) atoms. The summed E-state index contributed by atoms with van der Waals surface area (Å²) < 4.78 is 0. The lowest BCUT2D eigenvalue weighted by Gasteiger charge is -2.08. The van der Waals surface area contributed by atoms with Crippen LogP contribution in [0.5, 0.6) is 0 Å². The summed E-state index contributed by atoms with van der Waals surface area (Å²) in [5.41, 5.74) is 7.78. The molecule has 0 amide bonds. The van der Waals surface area contributed by atoms with Crippen LogP contribution in [-0.4, -0.2) is 0 Å². The van der Waals surface area contributed by atoms with Crippen molar-refractivity contribution in [2.24, 2.45) is 0 Å². The topological polar surface area (TPSA) is 23.8 Å². The molecule has 5 aromatic rings. The Kier molecular flexibility index (Phi) is 5.81. The van der Waals surface area contributed by atoms with Gasteiger partial charge >= 0.3 is 0 Å². The molecule has 0 aromatic heterocycles. The van der Waals surface area contributed by atoms with E-state index in [1.807, 2.05) is 0 Å². The van der Waals surface area contributed by atoms with Crippen molar-refractivity contribution in [3.8, 4) is 6.07 Å². The lowest BCUT2D eigenvalue weighted by atomic mass is 9.94. The Balaban J connectivity index is 1.51. The standard InChI is InChI=1S/C33H25N/c1-23-3-7-25(8-4-23)11-13-27-16-18-31-30(19-27)21-29-17-15-28(20-32(29)33(31)22-34)14-12-26-9-5-24(2)6-10-26/h3-21H,1-2H3/b13-11+,14-12+. The minimum atomic E-state index is 0.729. The van der Waals surface area contributed by atoms with Gasteiger partial charge in [0.2, 0.25) is 0 Å². The SMILES string of the molecule is Cc1ccc(/C=C/c2ccc3c(C#N)c4cc(/C=C/c5ccc(C)cc5)ccc4cc3c2)cc1. The summed E-state index contributed by atoms with van der Waals surface area (Å²) in [6, 6.07) is 34.2.